The number of nitrogens with zero attached hydrogens (tertiary/aromatic N) is 1. The molecule has 2 aromatic rings. The molecule has 26 heavy (non-hydrogen) atoms. The summed E-state index contributed by atoms with van der Waals surface area (Å²) >= 11 is 4.38. The van der Waals surface area contributed by atoms with Crippen LogP contribution in [0.1, 0.15) is 11.1 Å². The molecule has 0 N–H and O–H groups in total. The maximum absolute atomic E-state index is 12.7. The molecule has 1 aliphatic heterocycles. The predicted octanol–water partition coefficient (Wildman–Crippen LogP) is 4.70. The minimum atomic E-state index is -0.308. The van der Waals surface area contributed by atoms with Gasteiger partial charge < -0.3 is 9.47 Å². The molecule has 2 aromatic carbocycles. The summed E-state index contributed by atoms with van der Waals surface area (Å²) in [7, 11) is 3.12. The Balaban J connectivity index is 1.87. The van der Waals surface area contributed by atoms with E-state index < -0.39 is 0 Å². The second kappa shape index (κ2) is 7.97. The molecule has 1 fully saturated rings. The summed E-state index contributed by atoms with van der Waals surface area (Å²) in [5, 5.41) is -0.285. The van der Waals surface area contributed by atoms with Crippen molar-refractivity contribution in [2.24, 2.45) is 0 Å². The molecular weight excluding hydrogens is 418 g/mol. The van der Waals surface area contributed by atoms with Gasteiger partial charge in [0.05, 0.1) is 25.7 Å². The van der Waals surface area contributed by atoms with E-state index in [1.54, 1.807) is 38.5 Å². The lowest BCUT2D eigenvalue weighted by molar-refractivity contribution is -0.123. The molecular formula is C19H16BrNO4S. The monoisotopic (exact) mass is 433 g/mol. The number of halogens is 1. The summed E-state index contributed by atoms with van der Waals surface area (Å²) < 4.78 is 11.3. The van der Waals surface area contributed by atoms with Crippen LogP contribution < -0.4 is 9.47 Å². The molecule has 7 heteroatoms. The van der Waals surface area contributed by atoms with E-state index >= 15 is 0 Å². The van der Waals surface area contributed by atoms with Crippen molar-refractivity contribution in [2.45, 2.75) is 6.54 Å². The molecule has 0 unspecified atom stereocenters. The van der Waals surface area contributed by atoms with Crippen LogP contribution in [-0.4, -0.2) is 30.3 Å². The van der Waals surface area contributed by atoms with Crippen molar-refractivity contribution in [3.8, 4) is 11.5 Å². The third-order valence-electron chi connectivity index (χ3n) is 3.83. The predicted molar refractivity (Wildman–Crippen MR) is 105 cm³/mol. The van der Waals surface area contributed by atoms with Crippen molar-refractivity contribution < 1.29 is 19.1 Å². The highest BCUT2D eigenvalue weighted by atomic mass is 79.9. The number of carbonyl (C=O) groups excluding carboxylic acids is 2. The van der Waals surface area contributed by atoms with Crippen molar-refractivity contribution in [2.75, 3.05) is 14.2 Å². The molecule has 0 saturated carbocycles. The number of imide groups is 1. The first kappa shape index (κ1) is 18.5. The van der Waals surface area contributed by atoms with Gasteiger partial charge in [-0.05, 0) is 47.2 Å². The summed E-state index contributed by atoms with van der Waals surface area (Å²) in [6, 6.07) is 12.8. The first-order valence-electron chi connectivity index (χ1n) is 7.73. The molecule has 1 saturated heterocycles. The van der Waals surface area contributed by atoms with Crippen molar-refractivity contribution in [1.82, 2.24) is 4.90 Å². The summed E-state index contributed by atoms with van der Waals surface area (Å²) in [5.41, 5.74) is 1.60. The van der Waals surface area contributed by atoms with Crippen LogP contribution in [0.5, 0.6) is 11.5 Å². The molecule has 0 radical (unpaired) electrons. The number of carbonyl (C=O) groups is 2. The number of hydrogen-bond acceptors (Lipinski definition) is 5. The molecule has 134 valence electrons. The van der Waals surface area contributed by atoms with Gasteiger partial charge in [0.15, 0.2) is 0 Å². The third-order valence-corrected chi connectivity index (χ3v) is 5.51. The number of ether oxygens (including phenoxy) is 2. The molecule has 0 aromatic heterocycles. The lowest BCUT2D eigenvalue weighted by atomic mass is 10.1. The van der Waals surface area contributed by atoms with Gasteiger partial charge in [-0.2, -0.15) is 0 Å². The summed E-state index contributed by atoms with van der Waals surface area (Å²) in [5.74, 6) is 0.920. The molecule has 0 spiro atoms. The van der Waals surface area contributed by atoms with Gasteiger partial charge in [-0.1, -0.05) is 34.1 Å². The average molecular weight is 434 g/mol. The minimum absolute atomic E-state index is 0.227. The van der Waals surface area contributed by atoms with E-state index in [4.69, 9.17) is 9.47 Å². The van der Waals surface area contributed by atoms with E-state index in [0.29, 0.717) is 16.4 Å². The van der Waals surface area contributed by atoms with Gasteiger partial charge in [-0.3, -0.25) is 14.5 Å². The van der Waals surface area contributed by atoms with E-state index in [2.05, 4.69) is 15.9 Å². The molecule has 5 nitrogen and oxygen atoms in total. The van der Waals surface area contributed by atoms with Crippen molar-refractivity contribution in [3.05, 3.63) is 63.0 Å². The van der Waals surface area contributed by atoms with E-state index in [9.17, 15) is 9.59 Å². The highest BCUT2D eigenvalue weighted by molar-refractivity contribution is 9.10. The number of hydrogen-bond donors (Lipinski definition) is 0. The Bertz CT molecular complexity index is 875. The van der Waals surface area contributed by atoms with Gasteiger partial charge in [-0.15, -0.1) is 0 Å². The Morgan fingerprint density at radius 2 is 1.73 bits per heavy atom. The van der Waals surface area contributed by atoms with Crippen LogP contribution in [0.25, 0.3) is 6.08 Å². The smallest absolute Gasteiger partial charge is 0.293 e. The quantitative estimate of drug-likeness (QED) is 0.639. The molecule has 0 bridgehead atoms. The van der Waals surface area contributed by atoms with E-state index in [-0.39, 0.29) is 17.7 Å². The Morgan fingerprint density at radius 1 is 1.08 bits per heavy atom. The highest BCUT2D eigenvalue weighted by Crippen LogP contribution is 2.35. The lowest BCUT2D eigenvalue weighted by Crippen LogP contribution is -2.27. The zero-order valence-corrected chi connectivity index (χ0v) is 16.6. The van der Waals surface area contributed by atoms with Crippen LogP contribution in [0.3, 0.4) is 0 Å². The third kappa shape index (κ3) is 3.94. The standard InChI is InChI=1S/C19H16BrNO4S/c1-24-14-7-12(8-15(10-14)25-2)9-17-18(22)21(19(23)26-17)11-13-5-3-4-6-16(13)20/h3-10H,11H2,1-2H3/b17-9+. The fourth-order valence-electron chi connectivity index (χ4n) is 2.50. The van der Waals surface area contributed by atoms with Crippen molar-refractivity contribution in [1.29, 1.82) is 0 Å². The van der Waals surface area contributed by atoms with Crippen molar-refractivity contribution in [3.63, 3.8) is 0 Å². The Morgan fingerprint density at radius 3 is 2.35 bits per heavy atom. The van der Waals surface area contributed by atoms with Gasteiger partial charge in [0.2, 0.25) is 0 Å². The van der Waals surface area contributed by atoms with Crippen LogP contribution in [0.15, 0.2) is 51.8 Å². The van der Waals surface area contributed by atoms with Crippen LogP contribution in [0, 0.1) is 0 Å². The largest absolute Gasteiger partial charge is 0.497 e. The topological polar surface area (TPSA) is 55.8 Å². The summed E-state index contributed by atoms with van der Waals surface area (Å²) in [6.07, 6.45) is 1.68. The average Bonchev–Trinajstić information content (AvgIpc) is 2.90. The number of benzene rings is 2. The number of rotatable bonds is 5. The number of amides is 2. The maximum Gasteiger partial charge on any atom is 0.293 e. The normalized spacial score (nSPS) is 15.7. The van der Waals surface area contributed by atoms with Gasteiger partial charge >= 0.3 is 0 Å². The Labute approximate surface area is 164 Å². The second-order valence-corrected chi connectivity index (χ2v) is 7.35. The Hall–Kier alpha value is -2.25. The van der Waals surface area contributed by atoms with Gasteiger partial charge in [0.25, 0.3) is 11.1 Å². The molecule has 2 amide bonds. The van der Waals surface area contributed by atoms with Gasteiger partial charge in [0, 0.05) is 10.5 Å². The van der Waals surface area contributed by atoms with E-state index in [1.165, 1.54) is 4.90 Å². The van der Waals surface area contributed by atoms with Gasteiger partial charge in [-0.25, -0.2) is 0 Å². The molecule has 1 heterocycles. The van der Waals surface area contributed by atoms with E-state index in [0.717, 1.165) is 27.4 Å². The first-order valence-corrected chi connectivity index (χ1v) is 9.34. The SMILES string of the molecule is COc1cc(/C=C2/SC(=O)N(Cc3ccccc3Br)C2=O)cc(OC)c1. The highest BCUT2D eigenvalue weighted by Gasteiger charge is 2.35. The fraction of sp³-hybridized carbons (Fsp3) is 0.158. The molecule has 1 aliphatic rings. The summed E-state index contributed by atoms with van der Waals surface area (Å²) in [4.78, 5) is 26.6. The molecule has 3 rings (SSSR count). The number of methoxy groups -OCH3 is 2. The minimum Gasteiger partial charge on any atom is -0.497 e. The van der Waals surface area contributed by atoms with E-state index in [1.807, 2.05) is 24.3 Å². The molecule has 0 atom stereocenters. The maximum atomic E-state index is 12.7. The van der Waals surface area contributed by atoms with Crippen LogP contribution in [-0.2, 0) is 11.3 Å². The van der Waals surface area contributed by atoms with Crippen LogP contribution in [0.4, 0.5) is 4.79 Å². The Kier molecular flexibility index (Phi) is 5.68. The summed E-state index contributed by atoms with van der Waals surface area (Å²) in [6.45, 7) is 0.227. The van der Waals surface area contributed by atoms with Gasteiger partial charge in [0.1, 0.15) is 11.5 Å². The second-order valence-electron chi connectivity index (χ2n) is 5.51. The first-order chi connectivity index (χ1) is 12.5. The zero-order valence-electron chi connectivity index (χ0n) is 14.2. The van der Waals surface area contributed by atoms with Crippen LogP contribution in [0.2, 0.25) is 0 Å². The number of thioether (sulfide) groups is 1. The van der Waals surface area contributed by atoms with Crippen LogP contribution >= 0.6 is 27.7 Å². The zero-order chi connectivity index (χ0) is 18.7. The fourth-order valence-corrected chi connectivity index (χ4v) is 3.75. The van der Waals surface area contributed by atoms with Crippen molar-refractivity contribution >= 4 is 44.9 Å². The molecule has 0 aliphatic carbocycles. The lowest BCUT2D eigenvalue weighted by Gasteiger charge is -2.13.